The lowest BCUT2D eigenvalue weighted by Crippen LogP contribution is -2.42. The second-order valence-electron chi connectivity index (χ2n) is 23.1. The number of carbonyl (C=O) groups is 7. The summed E-state index contributed by atoms with van der Waals surface area (Å²) in [7, 11) is 4.27. The summed E-state index contributed by atoms with van der Waals surface area (Å²) in [6, 6.07) is 11.0. The number of benzene rings is 2. The smallest absolute Gasteiger partial charge is 0.407 e. The Morgan fingerprint density at radius 2 is 1.00 bits per heavy atom. The van der Waals surface area contributed by atoms with E-state index in [1.165, 1.54) is 25.4 Å². The number of amides is 5. The summed E-state index contributed by atoms with van der Waals surface area (Å²) < 4.78 is 26.6. The van der Waals surface area contributed by atoms with Gasteiger partial charge in [0, 0.05) is 62.9 Å². The van der Waals surface area contributed by atoms with E-state index in [0.29, 0.717) is 100 Å². The lowest BCUT2D eigenvalue weighted by atomic mass is 10.1. The average molecular weight is 1320 g/mol. The summed E-state index contributed by atoms with van der Waals surface area (Å²) in [5, 5.41) is 15.3. The summed E-state index contributed by atoms with van der Waals surface area (Å²) in [5.41, 5.74) is 26.8. The van der Waals surface area contributed by atoms with E-state index in [4.69, 9.17) is 52.5 Å². The lowest BCUT2D eigenvalue weighted by Gasteiger charge is -2.22. The van der Waals surface area contributed by atoms with Crippen LogP contribution in [0.25, 0.3) is 22.3 Å². The zero-order chi connectivity index (χ0) is 68.9. The minimum absolute atomic E-state index is 0.00187. The quantitative estimate of drug-likeness (QED) is 0.00869. The Morgan fingerprint density at radius 1 is 0.537 bits per heavy atom. The first kappa shape index (κ1) is 74.1. The number of nitrogens with zero attached hydrogens (tertiary/aromatic N) is 11. The summed E-state index contributed by atoms with van der Waals surface area (Å²) in [4.78, 5) is 128. The molecule has 4 heterocycles. The highest BCUT2D eigenvalue weighted by molar-refractivity contribution is 5.98. The maximum Gasteiger partial charge on any atom is 0.407 e. The number of nitrogens with two attached hydrogens (primary N) is 5. The number of methoxy groups -OCH3 is 2. The summed E-state index contributed by atoms with van der Waals surface area (Å²) in [5.74, 6) is 3.51. The van der Waals surface area contributed by atoms with E-state index < -0.39 is 47.5 Å². The van der Waals surface area contributed by atoms with Crippen LogP contribution in [0.1, 0.15) is 117 Å². The van der Waals surface area contributed by atoms with Crippen molar-refractivity contribution in [2.45, 2.75) is 116 Å². The Hall–Kier alpha value is -9.99. The van der Waals surface area contributed by atoms with Crippen molar-refractivity contribution in [3.63, 3.8) is 0 Å². The van der Waals surface area contributed by atoms with Gasteiger partial charge in [0.05, 0.1) is 83.2 Å². The second-order valence-corrected chi connectivity index (χ2v) is 23.1. The Bertz CT molecular complexity index is 3310. The topological polar surface area (TPSA) is 469 Å². The SMILES string of the molecule is COC(=O)[C@H](CCC(=O)NCCCCCN(CCCCCNC(=O)CC[C@@H](NC(=O)c1ccc(N(C)Cc2cnc3nc(N)nc(N)c3n2)cc1)C(=O)OC)CCOCCOCCNC(=O)OC(C)(C)C)NC(=O)c1ccc(N(N)Cc2cnc3nc(N)nc(N)c3n2)cc1. The van der Waals surface area contributed by atoms with Crippen LogP contribution in [0.3, 0.4) is 0 Å². The van der Waals surface area contributed by atoms with Crippen molar-refractivity contribution in [1.82, 2.24) is 71.4 Å². The van der Waals surface area contributed by atoms with Gasteiger partial charge in [0.1, 0.15) is 17.7 Å². The summed E-state index contributed by atoms with van der Waals surface area (Å²) in [6.45, 7) is 10.6. The molecule has 5 amide bonds. The third-order valence-electron chi connectivity index (χ3n) is 14.5. The second kappa shape index (κ2) is 37.6. The van der Waals surface area contributed by atoms with Crippen molar-refractivity contribution in [2.24, 2.45) is 5.84 Å². The fourth-order valence-electron chi connectivity index (χ4n) is 9.50. The van der Waals surface area contributed by atoms with Crippen LogP contribution in [0.15, 0.2) is 60.9 Å². The highest BCUT2D eigenvalue weighted by atomic mass is 16.6. The van der Waals surface area contributed by atoms with E-state index in [0.717, 1.165) is 44.5 Å². The molecule has 33 nitrogen and oxygen atoms in total. The van der Waals surface area contributed by atoms with Gasteiger partial charge in [-0.2, -0.15) is 19.9 Å². The average Bonchev–Trinajstić information content (AvgIpc) is 0.868. The monoisotopic (exact) mass is 1320 g/mol. The number of nitrogen functional groups attached to an aromatic ring is 4. The Labute approximate surface area is 550 Å². The van der Waals surface area contributed by atoms with E-state index in [1.54, 1.807) is 75.5 Å². The number of ether oxygens (including phenoxy) is 5. The molecular formula is C62H89N21O12. The number of hydrazine groups is 1. The molecule has 0 aliphatic rings. The van der Waals surface area contributed by atoms with Crippen LogP contribution in [0.5, 0.6) is 0 Å². The van der Waals surface area contributed by atoms with Gasteiger partial charge in [-0.3, -0.25) is 19.2 Å². The molecule has 0 spiro atoms. The third kappa shape index (κ3) is 25.4. The highest BCUT2D eigenvalue weighted by Gasteiger charge is 2.26. The molecule has 6 rings (SSSR count). The van der Waals surface area contributed by atoms with Gasteiger partial charge in [-0.1, -0.05) is 12.8 Å². The Balaban J connectivity index is 0.881. The number of anilines is 6. The lowest BCUT2D eigenvalue weighted by molar-refractivity contribution is -0.144. The number of carbonyl (C=O) groups excluding carboxylic acids is 7. The van der Waals surface area contributed by atoms with Gasteiger partial charge >= 0.3 is 18.0 Å². The van der Waals surface area contributed by atoms with E-state index in [-0.39, 0.29) is 89.9 Å². The van der Waals surface area contributed by atoms with Crippen molar-refractivity contribution < 1.29 is 57.2 Å². The Kier molecular flexibility index (Phi) is 29.3. The molecule has 2 atom stereocenters. The van der Waals surface area contributed by atoms with E-state index >= 15 is 0 Å². The van der Waals surface area contributed by atoms with Gasteiger partial charge in [0.25, 0.3) is 11.8 Å². The molecule has 4 aromatic heterocycles. The molecule has 15 N–H and O–H groups in total. The molecule has 0 radical (unpaired) electrons. The molecule has 0 aliphatic carbocycles. The summed E-state index contributed by atoms with van der Waals surface area (Å²) in [6.07, 6.45) is 7.23. The first-order chi connectivity index (χ1) is 45.5. The molecule has 0 aliphatic heterocycles. The first-order valence-corrected chi connectivity index (χ1v) is 31.2. The molecule has 0 saturated carbocycles. The molecule has 6 aromatic rings. The number of nitrogens with one attached hydrogen (secondary N) is 5. The van der Waals surface area contributed by atoms with Gasteiger partial charge in [-0.05, 0) is 121 Å². The summed E-state index contributed by atoms with van der Waals surface area (Å²) >= 11 is 0. The van der Waals surface area contributed by atoms with Crippen molar-refractivity contribution in [3.05, 3.63) is 83.4 Å². The standard InChI is InChI=1S/C62H89N21O12/c1-62(2,3)95-61(90)70-27-31-93-33-34-94-32-30-82(28-11-7-9-25-68-47(84)23-21-45(57(88)91-5)75-55(86)39-13-17-43(18-14-39)81(4)37-41-35-71-53-49(73-41)51(63)77-59(65)79-53)29-12-8-10-26-69-48(85)24-22-46(58(89)92-6)76-56(87)40-15-19-44(20-16-40)83(67)38-42-36-72-54-50(74-42)52(64)78-60(66)80-54/h13-20,35-36,45-46H,7-12,21-34,37-38,67H2,1-6H3,(H,68,84)(H,69,85)(H,70,90)(H,75,86)(H,76,87)(H4,63,65,71,77,79)(H4,64,66,72,78,80)/t45-,46+/m1/s1. The number of hydrogen-bond donors (Lipinski definition) is 10. The maximum atomic E-state index is 13.3. The van der Waals surface area contributed by atoms with Crippen LogP contribution >= 0.6 is 0 Å². The number of alkyl carbamates (subject to hydrolysis) is 1. The van der Waals surface area contributed by atoms with Gasteiger partial charge < -0.3 is 88.0 Å². The molecule has 95 heavy (non-hydrogen) atoms. The molecule has 0 saturated heterocycles. The van der Waals surface area contributed by atoms with Crippen LogP contribution in [0.2, 0.25) is 0 Å². The molecule has 0 fully saturated rings. The molecule has 2 aromatic carbocycles. The van der Waals surface area contributed by atoms with Gasteiger partial charge in [0.2, 0.25) is 23.7 Å². The highest BCUT2D eigenvalue weighted by Crippen LogP contribution is 2.21. The minimum Gasteiger partial charge on any atom is -0.467 e. The third-order valence-corrected chi connectivity index (χ3v) is 14.5. The van der Waals surface area contributed by atoms with Crippen molar-refractivity contribution in [2.75, 3.05) is 120 Å². The molecule has 514 valence electrons. The predicted molar refractivity (Wildman–Crippen MR) is 354 cm³/mol. The molecule has 0 bridgehead atoms. The predicted octanol–water partition coefficient (Wildman–Crippen LogP) is 2.23. The van der Waals surface area contributed by atoms with Crippen LogP contribution in [0.4, 0.5) is 39.7 Å². The number of rotatable bonds is 39. The molecule has 0 unspecified atom stereocenters. The van der Waals surface area contributed by atoms with E-state index in [1.807, 2.05) is 11.9 Å². The van der Waals surface area contributed by atoms with Crippen LogP contribution in [0, 0.1) is 0 Å². The minimum atomic E-state index is -1.09. The number of aromatic nitrogens is 8. The van der Waals surface area contributed by atoms with Crippen LogP contribution in [-0.4, -0.2) is 191 Å². The van der Waals surface area contributed by atoms with Crippen LogP contribution in [-0.2, 0) is 56.0 Å². The fourth-order valence-corrected chi connectivity index (χ4v) is 9.50. The number of unbranched alkanes of at least 4 members (excludes halogenated alkanes) is 4. The first-order valence-electron chi connectivity index (χ1n) is 31.2. The molecular weight excluding hydrogens is 1230 g/mol. The van der Waals surface area contributed by atoms with E-state index in [9.17, 15) is 33.6 Å². The number of esters is 2. The largest absolute Gasteiger partial charge is 0.467 e. The zero-order valence-corrected chi connectivity index (χ0v) is 54.7. The number of hydrogen-bond acceptors (Lipinski definition) is 28. The van der Waals surface area contributed by atoms with Gasteiger partial charge in [-0.25, -0.2) is 40.2 Å². The van der Waals surface area contributed by atoms with Crippen molar-refractivity contribution in [1.29, 1.82) is 0 Å². The van der Waals surface area contributed by atoms with Gasteiger partial charge in [0.15, 0.2) is 34.0 Å². The van der Waals surface area contributed by atoms with Crippen LogP contribution < -0.4 is 65.3 Å². The number of fused-ring (bicyclic) bond motifs is 2. The van der Waals surface area contributed by atoms with Crippen molar-refractivity contribution >= 4 is 98.9 Å². The normalized spacial score (nSPS) is 12.0. The Morgan fingerprint density at radius 3 is 1.47 bits per heavy atom. The zero-order valence-electron chi connectivity index (χ0n) is 54.7. The van der Waals surface area contributed by atoms with Crippen molar-refractivity contribution in [3.8, 4) is 0 Å². The van der Waals surface area contributed by atoms with Gasteiger partial charge in [-0.15, -0.1) is 0 Å². The fraction of sp³-hybridized carbons (Fsp3) is 0.500. The van der Waals surface area contributed by atoms with E-state index in [2.05, 4.69) is 71.4 Å². The molecule has 33 heteroatoms. The maximum absolute atomic E-state index is 13.3.